The lowest BCUT2D eigenvalue weighted by molar-refractivity contribution is -0.161. The van der Waals surface area contributed by atoms with E-state index in [4.69, 9.17) is 47.1 Å². The van der Waals surface area contributed by atoms with Crippen LogP contribution in [0.1, 0.15) is 45.6 Å². The van der Waals surface area contributed by atoms with Gasteiger partial charge in [-0.05, 0) is 63.9 Å². The van der Waals surface area contributed by atoms with Gasteiger partial charge in [-0.1, -0.05) is 29.3 Å². The predicted octanol–water partition coefficient (Wildman–Crippen LogP) is 6.44. The molecular weight excluding hydrogens is 583 g/mol. The highest BCUT2D eigenvalue weighted by Crippen LogP contribution is 2.42. The molecule has 42 heavy (non-hydrogen) atoms. The number of fused-ring (bicyclic) bond motifs is 1. The fourth-order valence-electron chi connectivity index (χ4n) is 4.32. The summed E-state index contributed by atoms with van der Waals surface area (Å²) in [6.45, 7) is 5.88. The van der Waals surface area contributed by atoms with Gasteiger partial charge in [0.25, 0.3) is 0 Å². The van der Waals surface area contributed by atoms with Gasteiger partial charge in [-0.3, -0.25) is 0 Å². The molecule has 2 heterocycles. The molecule has 0 aliphatic heterocycles. The average Bonchev–Trinajstić information content (AvgIpc) is 3.56. The number of aromatic nitrogens is 4. The Hall–Kier alpha value is -3.60. The SMILES string of the molecule is COc1ccc(Cl)cc1Cn1c(-c2cccc(OCCCOC(C)(C)C(=O)O)c2Cl)nc2c(OC3(C)CC3)ncnc21. The largest absolute Gasteiger partial charge is 0.496 e. The van der Waals surface area contributed by atoms with Crippen molar-refractivity contribution in [3.05, 3.63) is 58.3 Å². The molecule has 1 aliphatic rings. The first-order valence-electron chi connectivity index (χ1n) is 13.5. The number of methoxy groups -OCH3 is 1. The van der Waals surface area contributed by atoms with Crippen LogP contribution in [0.3, 0.4) is 0 Å². The van der Waals surface area contributed by atoms with Crippen LogP contribution in [0.15, 0.2) is 42.7 Å². The van der Waals surface area contributed by atoms with Crippen molar-refractivity contribution in [3.8, 4) is 28.8 Å². The molecule has 222 valence electrons. The monoisotopic (exact) mass is 614 g/mol. The summed E-state index contributed by atoms with van der Waals surface area (Å²) in [5.74, 6) is 1.05. The number of ether oxygens (including phenoxy) is 4. The molecule has 12 heteroatoms. The van der Waals surface area contributed by atoms with Gasteiger partial charge in [0.15, 0.2) is 16.8 Å². The highest BCUT2D eigenvalue weighted by molar-refractivity contribution is 6.34. The normalized spacial score (nSPS) is 14.1. The van der Waals surface area contributed by atoms with Gasteiger partial charge >= 0.3 is 5.97 Å². The Labute approximate surface area is 253 Å². The molecule has 2 aromatic carbocycles. The summed E-state index contributed by atoms with van der Waals surface area (Å²) in [6, 6.07) is 10.9. The van der Waals surface area contributed by atoms with Crippen LogP contribution in [0.25, 0.3) is 22.6 Å². The van der Waals surface area contributed by atoms with Crippen molar-refractivity contribution in [1.29, 1.82) is 0 Å². The zero-order valence-electron chi connectivity index (χ0n) is 23.8. The maximum absolute atomic E-state index is 11.3. The van der Waals surface area contributed by atoms with E-state index in [9.17, 15) is 9.90 Å². The standard InChI is InChI=1S/C30H32Cl2N4O6/c1-29(2,28(37)38)41-14-6-13-40-22-8-5-7-20(23(22)32)25-35-24-26(33-17-34-27(24)42-30(3)11-12-30)36(25)16-18-15-19(31)9-10-21(18)39-4/h5,7-10,15,17H,6,11-14,16H2,1-4H3,(H,37,38). The van der Waals surface area contributed by atoms with E-state index >= 15 is 0 Å². The Bertz CT molecular complexity index is 1620. The van der Waals surface area contributed by atoms with Crippen molar-refractivity contribution in [2.24, 2.45) is 0 Å². The number of imidazole rings is 1. The van der Waals surface area contributed by atoms with E-state index in [1.165, 1.54) is 20.2 Å². The number of carboxylic acids is 1. The number of hydrogen-bond acceptors (Lipinski definition) is 8. The van der Waals surface area contributed by atoms with Crippen molar-refractivity contribution in [1.82, 2.24) is 19.5 Å². The van der Waals surface area contributed by atoms with Crippen LogP contribution in [0.4, 0.5) is 0 Å². The van der Waals surface area contributed by atoms with Gasteiger partial charge in [-0.15, -0.1) is 0 Å². The van der Waals surface area contributed by atoms with E-state index in [1.54, 1.807) is 19.2 Å². The predicted molar refractivity (Wildman–Crippen MR) is 159 cm³/mol. The zero-order valence-corrected chi connectivity index (χ0v) is 25.3. The molecule has 0 saturated heterocycles. The molecule has 5 rings (SSSR count). The van der Waals surface area contributed by atoms with Crippen molar-refractivity contribution < 1.29 is 28.8 Å². The van der Waals surface area contributed by atoms with Crippen molar-refractivity contribution in [3.63, 3.8) is 0 Å². The molecule has 0 bridgehead atoms. The quantitative estimate of drug-likeness (QED) is 0.170. The first kappa shape index (κ1) is 29.9. The van der Waals surface area contributed by atoms with Gasteiger partial charge < -0.3 is 28.6 Å². The Kier molecular flexibility index (Phi) is 8.50. The summed E-state index contributed by atoms with van der Waals surface area (Å²) in [5, 5.41) is 10.2. The van der Waals surface area contributed by atoms with E-state index in [1.807, 2.05) is 35.8 Å². The van der Waals surface area contributed by atoms with Gasteiger partial charge in [-0.25, -0.2) is 14.8 Å². The average molecular weight is 616 g/mol. The summed E-state index contributed by atoms with van der Waals surface area (Å²) >= 11 is 13.3. The molecule has 10 nitrogen and oxygen atoms in total. The summed E-state index contributed by atoms with van der Waals surface area (Å²) in [6.07, 6.45) is 3.82. The fourth-order valence-corrected chi connectivity index (χ4v) is 4.78. The summed E-state index contributed by atoms with van der Waals surface area (Å²) in [4.78, 5) is 25.2. The Balaban J connectivity index is 1.49. The molecule has 2 aromatic heterocycles. The maximum Gasteiger partial charge on any atom is 0.335 e. The minimum atomic E-state index is -1.27. The van der Waals surface area contributed by atoms with Crippen LogP contribution in [0.2, 0.25) is 10.0 Å². The summed E-state index contributed by atoms with van der Waals surface area (Å²) in [5.41, 5.74) is 0.999. The second-order valence-corrected chi connectivity index (χ2v) is 11.7. The van der Waals surface area contributed by atoms with Crippen LogP contribution in [0.5, 0.6) is 17.4 Å². The first-order chi connectivity index (χ1) is 20.0. The summed E-state index contributed by atoms with van der Waals surface area (Å²) < 4.78 is 25.2. The first-order valence-corrected chi connectivity index (χ1v) is 14.3. The molecular formula is C30H32Cl2N4O6. The highest BCUT2D eigenvalue weighted by atomic mass is 35.5. The minimum Gasteiger partial charge on any atom is -0.496 e. The number of rotatable bonds is 13. The molecule has 0 atom stereocenters. The van der Waals surface area contributed by atoms with E-state index in [0.29, 0.717) is 62.9 Å². The van der Waals surface area contributed by atoms with Gasteiger partial charge in [0.1, 0.15) is 29.3 Å². The molecule has 1 fully saturated rings. The van der Waals surface area contributed by atoms with Gasteiger partial charge in [-0.2, -0.15) is 4.98 Å². The second-order valence-electron chi connectivity index (χ2n) is 10.9. The second kappa shape index (κ2) is 11.9. The Morgan fingerprint density at radius 2 is 1.90 bits per heavy atom. The lowest BCUT2D eigenvalue weighted by Gasteiger charge is -2.20. The van der Waals surface area contributed by atoms with Crippen LogP contribution in [-0.2, 0) is 16.1 Å². The number of halogens is 2. The topological polar surface area (TPSA) is 118 Å². The number of carboxylic acid groups (broad SMARTS) is 1. The van der Waals surface area contributed by atoms with Gasteiger partial charge in [0, 0.05) is 22.6 Å². The molecule has 4 aromatic rings. The molecule has 0 spiro atoms. The third kappa shape index (κ3) is 6.40. The lowest BCUT2D eigenvalue weighted by Crippen LogP contribution is -2.35. The molecule has 0 radical (unpaired) electrons. The number of carbonyl (C=O) groups is 1. The smallest absolute Gasteiger partial charge is 0.335 e. The molecule has 1 saturated carbocycles. The van der Waals surface area contributed by atoms with Crippen LogP contribution in [-0.4, -0.2) is 62.1 Å². The maximum atomic E-state index is 11.3. The van der Waals surface area contributed by atoms with Crippen molar-refractivity contribution in [2.45, 2.75) is 57.8 Å². The molecule has 0 unspecified atom stereocenters. The van der Waals surface area contributed by atoms with Crippen molar-refractivity contribution >= 4 is 40.3 Å². The minimum absolute atomic E-state index is 0.217. The fraction of sp³-hybridized carbons (Fsp3) is 0.400. The van der Waals surface area contributed by atoms with Crippen LogP contribution in [0, 0.1) is 0 Å². The lowest BCUT2D eigenvalue weighted by atomic mass is 10.1. The molecule has 0 amide bonds. The van der Waals surface area contributed by atoms with Gasteiger partial charge in [0.2, 0.25) is 5.88 Å². The third-order valence-electron chi connectivity index (χ3n) is 7.09. The summed E-state index contributed by atoms with van der Waals surface area (Å²) in [7, 11) is 1.61. The molecule has 1 N–H and O–H groups in total. The number of benzene rings is 2. The number of nitrogens with zero attached hydrogens (tertiary/aromatic N) is 4. The zero-order chi connectivity index (χ0) is 30.1. The molecule has 1 aliphatic carbocycles. The number of aliphatic carboxylic acids is 1. The third-order valence-corrected chi connectivity index (χ3v) is 7.72. The Morgan fingerprint density at radius 1 is 1.12 bits per heavy atom. The van der Waals surface area contributed by atoms with E-state index in [2.05, 4.69) is 9.97 Å². The van der Waals surface area contributed by atoms with E-state index in [0.717, 1.165) is 18.4 Å². The number of hydrogen-bond donors (Lipinski definition) is 1. The van der Waals surface area contributed by atoms with E-state index in [-0.39, 0.29) is 18.8 Å². The Morgan fingerprint density at radius 3 is 2.62 bits per heavy atom. The van der Waals surface area contributed by atoms with Gasteiger partial charge in [0.05, 0.1) is 31.9 Å². The van der Waals surface area contributed by atoms with Crippen LogP contribution < -0.4 is 14.2 Å². The van der Waals surface area contributed by atoms with E-state index < -0.39 is 11.6 Å². The van der Waals surface area contributed by atoms with Crippen LogP contribution >= 0.6 is 23.2 Å². The highest BCUT2D eigenvalue weighted by Gasteiger charge is 2.41. The van der Waals surface area contributed by atoms with Crippen molar-refractivity contribution in [2.75, 3.05) is 20.3 Å².